The molecule has 7 nitrogen and oxygen atoms in total. The van der Waals surface area contributed by atoms with Crippen LogP contribution in [-0.4, -0.2) is 60.6 Å². The number of esters is 1. The van der Waals surface area contributed by atoms with E-state index in [0.717, 1.165) is 12.8 Å². The molecule has 0 bridgehead atoms. The molecule has 2 heterocycles. The van der Waals surface area contributed by atoms with Gasteiger partial charge in [0.1, 0.15) is 6.04 Å². The van der Waals surface area contributed by atoms with E-state index in [1.807, 2.05) is 0 Å². The van der Waals surface area contributed by atoms with Crippen molar-refractivity contribution < 1.29 is 32.3 Å². The van der Waals surface area contributed by atoms with Gasteiger partial charge in [-0.2, -0.15) is 13.2 Å². The highest BCUT2D eigenvalue weighted by atomic mass is 19.4. The standard InChI is InChI=1S/C17H24F3N3O4/c1-26-14(24)12-9-16(27-22-12)7-4-8-23(10-16)15(25)21-13(17(18,19)20)11-5-2-3-6-11/h11,13H,2-10H2,1H3,(H,21,25). The van der Waals surface area contributed by atoms with E-state index >= 15 is 0 Å². The number of carbonyl (C=O) groups excluding carboxylic acids is 2. The van der Waals surface area contributed by atoms with E-state index < -0.39 is 35.7 Å². The van der Waals surface area contributed by atoms with Crippen LogP contribution in [0.1, 0.15) is 44.9 Å². The quantitative estimate of drug-likeness (QED) is 0.750. The van der Waals surface area contributed by atoms with E-state index in [4.69, 9.17) is 4.84 Å². The number of likely N-dealkylation sites (tertiary alicyclic amines) is 1. The van der Waals surface area contributed by atoms with Gasteiger partial charge in [-0.1, -0.05) is 18.0 Å². The fraction of sp³-hybridized carbons (Fsp3) is 0.824. The van der Waals surface area contributed by atoms with Crippen LogP contribution in [0, 0.1) is 5.92 Å². The van der Waals surface area contributed by atoms with Gasteiger partial charge in [0.2, 0.25) is 0 Å². The summed E-state index contributed by atoms with van der Waals surface area (Å²) in [7, 11) is 1.23. The number of carbonyl (C=O) groups is 2. The van der Waals surface area contributed by atoms with Gasteiger partial charge in [-0.15, -0.1) is 0 Å². The molecule has 1 saturated carbocycles. The first-order chi connectivity index (χ1) is 12.7. The first-order valence-electron chi connectivity index (χ1n) is 9.20. The fourth-order valence-corrected chi connectivity index (χ4v) is 4.22. The molecule has 1 spiro atoms. The third kappa shape index (κ3) is 4.30. The number of amides is 2. The Labute approximate surface area is 155 Å². The number of oxime groups is 1. The summed E-state index contributed by atoms with van der Waals surface area (Å²) in [6.07, 6.45) is -0.758. The molecule has 10 heteroatoms. The van der Waals surface area contributed by atoms with E-state index in [0.29, 0.717) is 32.2 Å². The largest absolute Gasteiger partial charge is 0.464 e. The number of piperidine rings is 1. The molecule has 1 aliphatic carbocycles. The number of rotatable bonds is 3. The monoisotopic (exact) mass is 391 g/mol. The van der Waals surface area contributed by atoms with Gasteiger partial charge in [-0.05, 0) is 31.6 Å². The van der Waals surface area contributed by atoms with Crippen LogP contribution < -0.4 is 5.32 Å². The highest BCUT2D eigenvalue weighted by Crippen LogP contribution is 2.37. The molecule has 2 aliphatic heterocycles. The molecular weight excluding hydrogens is 367 g/mol. The van der Waals surface area contributed by atoms with E-state index in [-0.39, 0.29) is 18.7 Å². The van der Waals surface area contributed by atoms with E-state index in [2.05, 4.69) is 15.2 Å². The Morgan fingerprint density at radius 2 is 2.04 bits per heavy atom. The zero-order chi connectivity index (χ0) is 19.7. The van der Waals surface area contributed by atoms with Crippen molar-refractivity contribution in [1.29, 1.82) is 0 Å². The molecular formula is C17H24F3N3O4. The molecule has 2 unspecified atom stereocenters. The summed E-state index contributed by atoms with van der Waals surface area (Å²) < 4.78 is 45.0. The maximum absolute atomic E-state index is 13.4. The van der Waals surface area contributed by atoms with E-state index in [1.165, 1.54) is 12.0 Å². The van der Waals surface area contributed by atoms with Gasteiger partial charge in [0.05, 0.1) is 13.7 Å². The summed E-state index contributed by atoms with van der Waals surface area (Å²) in [5, 5.41) is 5.94. The normalized spacial score (nSPS) is 27.3. The lowest BCUT2D eigenvalue weighted by Crippen LogP contribution is -2.58. The van der Waals surface area contributed by atoms with Gasteiger partial charge >= 0.3 is 18.2 Å². The maximum atomic E-state index is 13.4. The van der Waals surface area contributed by atoms with Crippen molar-refractivity contribution in [1.82, 2.24) is 10.2 Å². The summed E-state index contributed by atoms with van der Waals surface area (Å²) in [5.41, 5.74) is -0.751. The van der Waals surface area contributed by atoms with Crippen LogP contribution in [0.4, 0.5) is 18.0 Å². The van der Waals surface area contributed by atoms with Crippen molar-refractivity contribution in [2.24, 2.45) is 11.1 Å². The van der Waals surface area contributed by atoms with Gasteiger partial charge in [-0.3, -0.25) is 0 Å². The Hall–Kier alpha value is -2.00. The number of ether oxygens (including phenoxy) is 1. The Morgan fingerprint density at radius 1 is 1.33 bits per heavy atom. The SMILES string of the molecule is COC(=O)C1=NOC2(CCCN(C(=O)NC(C3CCCC3)C(F)(F)F)C2)C1. The lowest BCUT2D eigenvalue weighted by Gasteiger charge is -2.39. The molecule has 3 aliphatic rings. The minimum Gasteiger partial charge on any atom is -0.464 e. The van der Waals surface area contributed by atoms with Crippen LogP contribution in [0.15, 0.2) is 5.16 Å². The van der Waals surface area contributed by atoms with E-state index in [1.54, 1.807) is 0 Å². The number of urea groups is 1. The van der Waals surface area contributed by atoms with Crippen molar-refractivity contribution in [3.63, 3.8) is 0 Å². The highest BCUT2D eigenvalue weighted by molar-refractivity contribution is 6.36. The smallest absolute Gasteiger partial charge is 0.408 e. The van der Waals surface area contributed by atoms with Crippen LogP contribution in [0.3, 0.4) is 0 Å². The molecule has 27 heavy (non-hydrogen) atoms. The topological polar surface area (TPSA) is 80.2 Å². The average molecular weight is 391 g/mol. The van der Waals surface area contributed by atoms with Crippen molar-refractivity contribution in [2.75, 3.05) is 20.2 Å². The average Bonchev–Trinajstić information content (AvgIpc) is 3.28. The molecule has 0 aromatic heterocycles. The maximum Gasteiger partial charge on any atom is 0.408 e. The first kappa shape index (κ1) is 19.8. The number of methoxy groups -OCH3 is 1. The summed E-state index contributed by atoms with van der Waals surface area (Å²) in [6, 6.07) is -2.59. The molecule has 2 fully saturated rings. The number of halogens is 3. The third-order valence-electron chi connectivity index (χ3n) is 5.59. The predicted octanol–water partition coefficient (Wildman–Crippen LogP) is 2.60. The molecule has 2 amide bonds. The lowest BCUT2D eigenvalue weighted by atomic mass is 9.88. The Bertz CT molecular complexity index is 619. The second kappa shape index (κ2) is 7.55. The summed E-state index contributed by atoms with van der Waals surface area (Å²) in [6.45, 7) is 0.415. The van der Waals surface area contributed by atoms with Crippen LogP contribution in [0.25, 0.3) is 0 Å². The molecule has 0 aromatic carbocycles. The van der Waals surface area contributed by atoms with Gasteiger partial charge in [0.25, 0.3) is 0 Å². The van der Waals surface area contributed by atoms with Crippen LogP contribution >= 0.6 is 0 Å². The van der Waals surface area contributed by atoms with Gasteiger partial charge in [0, 0.05) is 13.0 Å². The van der Waals surface area contributed by atoms with Crippen molar-refractivity contribution in [3.05, 3.63) is 0 Å². The number of hydrogen-bond acceptors (Lipinski definition) is 5. The highest BCUT2D eigenvalue weighted by Gasteiger charge is 2.49. The van der Waals surface area contributed by atoms with Gasteiger partial charge in [-0.25, -0.2) is 9.59 Å². The summed E-state index contributed by atoms with van der Waals surface area (Å²) in [4.78, 5) is 30.9. The molecule has 2 atom stereocenters. The first-order valence-corrected chi connectivity index (χ1v) is 9.20. The number of nitrogens with one attached hydrogen (secondary N) is 1. The zero-order valence-corrected chi connectivity index (χ0v) is 15.2. The Balaban J connectivity index is 1.64. The fourth-order valence-electron chi connectivity index (χ4n) is 4.22. The number of nitrogens with zero attached hydrogens (tertiary/aromatic N) is 2. The Morgan fingerprint density at radius 3 is 2.67 bits per heavy atom. The molecule has 3 rings (SSSR count). The second-order valence-electron chi connectivity index (χ2n) is 7.52. The van der Waals surface area contributed by atoms with Crippen molar-refractivity contribution >= 4 is 17.7 Å². The Kier molecular flexibility index (Phi) is 5.53. The van der Waals surface area contributed by atoms with Crippen molar-refractivity contribution in [2.45, 2.75) is 62.8 Å². The van der Waals surface area contributed by atoms with E-state index in [9.17, 15) is 22.8 Å². The summed E-state index contributed by atoms with van der Waals surface area (Å²) in [5.74, 6) is -1.18. The van der Waals surface area contributed by atoms with Gasteiger partial charge in [0.15, 0.2) is 11.3 Å². The number of hydrogen-bond donors (Lipinski definition) is 1. The molecule has 0 radical (unpaired) electrons. The van der Waals surface area contributed by atoms with Crippen LogP contribution in [-0.2, 0) is 14.4 Å². The minimum atomic E-state index is -4.48. The zero-order valence-electron chi connectivity index (χ0n) is 15.2. The van der Waals surface area contributed by atoms with Crippen LogP contribution in [0.2, 0.25) is 0 Å². The summed E-state index contributed by atoms with van der Waals surface area (Å²) >= 11 is 0. The molecule has 1 N–H and O–H groups in total. The predicted molar refractivity (Wildman–Crippen MR) is 89.0 cm³/mol. The number of alkyl halides is 3. The molecule has 0 aromatic rings. The molecule has 1 saturated heterocycles. The van der Waals surface area contributed by atoms with Crippen molar-refractivity contribution in [3.8, 4) is 0 Å². The van der Waals surface area contributed by atoms with Crippen LogP contribution in [0.5, 0.6) is 0 Å². The minimum absolute atomic E-state index is 0.0814. The third-order valence-corrected chi connectivity index (χ3v) is 5.59. The lowest BCUT2D eigenvalue weighted by molar-refractivity contribution is -0.165. The second-order valence-corrected chi connectivity index (χ2v) is 7.52. The molecule has 152 valence electrons. The van der Waals surface area contributed by atoms with Gasteiger partial charge < -0.3 is 19.8 Å².